The molecule has 27 heavy (non-hydrogen) atoms. The first-order valence-corrected chi connectivity index (χ1v) is 10.4. The molecule has 0 saturated carbocycles. The van der Waals surface area contributed by atoms with Gasteiger partial charge in [0, 0.05) is 23.1 Å². The Labute approximate surface area is 160 Å². The van der Waals surface area contributed by atoms with E-state index in [0.29, 0.717) is 10.8 Å². The Morgan fingerprint density at radius 3 is 2.63 bits per heavy atom. The van der Waals surface area contributed by atoms with E-state index < -0.39 is 15.9 Å². The fourth-order valence-corrected chi connectivity index (χ4v) is 4.13. The number of sulfonamides is 1. The zero-order chi connectivity index (χ0) is 19.4. The van der Waals surface area contributed by atoms with Gasteiger partial charge < -0.3 is 0 Å². The van der Waals surface area contributed by atoms with E-state index in [1.165, 1.54) is 47.7 Å². The van der Waals surface area contributed by atoms with Crippen molar-refractivity contribution in [2.24, 2.45) is 0 Å². The highest BCUT2D eigenvalue weighted by Crippen LogP contribution is 2.25. The van der Waals surface area contributed by atoms with Crippen molar-refractivity contribution in [2.45, 2.75) is 11.8 Å². The highest BCUT2D eigenvalue weighted by molar-refractivity contribution is 7.89. The van der Waals surface area contributed by atoms with Crippen molar-refractivity contribution in [1.29, 1.82) is 0 Å². The van der Waals surface area contributed by atoms with Crippen LogP contribution in [0.3, 0.4) is 0 Å². The maximum atomic E-state index is 13.0. The minimum atomic E-state index is -3.65. The number of benzene rings is 2. The highest BCUT2D eigenvalue weighted by atomic mass is 32.2. The summed E-state index contributed by atoms with van der Waals surface area (Å²) in [4.78, 5) is 16.8. The smallest absolute Gasteiger partial charge is 0.257 e. The zero-order valence-corrected chi connectivity index (χ0v) is 15.9. The van der Waals surface area contributed by atoms with E-state index in [0.717, 1.165) is 5.56 Å². The van der Waals surface area contributed by atoms with Crippen LogP contribution in [0.5, 0.6) is 0 Å². The fourth-order valence-electron chi connectivity index (χ4n) is 2.33. The van der Waals surface area contributed by atoms with Gasteiger partial charge in [-0.05, 0) is 42.5 Å². The molecule has 0 atom stereocenters. The molecule has 1 heterocycles. The molecule has 1 aromatic heterocycles. The summed E-state index contributed by atoms with van der Waals surface area (Å²) in [6.45, 7) is 1.93. The van der Waals surface area contributed by atoms with Crippen LogP contribution in [0.4, 0.5) is 9.52 Å². The van der Waals surface area contributed by atoms with Crippen LogP contribution in [0.25, 0.3) is 11.3 Å². The second-order valence-electron chi connectivity index (χ2n) is 5.53. The zero-order valence-electron chi connectivity index (χ0n) is 14.3. The molecule has 0 fully saturated rings. The molecule has 0 aliphatic rings. The summed E-state index contributed by atoms with van der Waals surface area (Å²) in [7, 11) is -3.65. The molecule has 3 aromatic rings. The molecule has 3 rings (SSSR count). The number of halogens is 1. The Morgan fingerprint density at radius 2 is 1.93 bits per heavy atom. The van der Waals surface area contributed by atoms with Crippen molar-refractivity contribution in [3.63, 3.8) is 0 Å². The number of aromatic nitrogens is 1. The number of carbonyl (C=O) groups is 1. The van der Waals surface area contributed by atoms with Gasteiger partial charge in [0.2, 0.25) is 10.0 Å². The van der Waals surface area contributed by atoms with Crippen molar-refractivity contribution in [1.82, 2.24) is 9.71 Å². The molecule has 0 bridgehead atoms. The van der Waals surface area contributed by atoms with Crippen molar-refractivity contribution in [2.75, 3.05) is 11.9 Å². The average Bonchev–Trinajstić information content (AvgIpc) is 3.11. The lowest BCUT2D eigenvalue weighted by atomic mass is 10.2. The number of nitrogens with zero attached hydrogens (tertiary/aromatic N) is 1. The van der Waals surface area contributed by atoms with Crippen LogP contribution in [0, 0.1) is 5.82 Å². The molecule has 0 aliphatic heterocycles. The van der Waals surface area contributed by atoms with Gasteiger partial charge in [0.1, 0.15) is 5.82 Å². The molecular weight excluding hydrogens is 389 g/mol. The van der Waals surface area contributed by atoms with Crippen LogP contribution in [-0.4, -0.2) is 25.9 Å². The summed E-state index contributed by atoms with van der Waals surface area (Å²) >= 11 is 1.22. The van der Waals surface area contributed by atoms with Crippen LogP contribution in [0.15, 0.2) is 58.8 Å². The Morgan fingerprint density at radius 1 is 1.19 bits per heavy atom. The third-order valence-electron chi connectivity index (χ3n) is 3.61. The summed E-state index contributed by atoms with van der Waals surface area (Å²) < 4.78 is 39.5. The van der Waals surface area contributed by atoms with E-state index in [4.69, 9.17) is 0 Å². The Bertz CT molecular complexity index is 1060. The third-order valence-corrected chi connectivity index (χ3v) is 5.91. The summed E-state index contributed by atoms with van der Waals surface area (Å²) in [6.07, 6.45) is 0. The predicted octanol–water partition coefficient (Wildman–Crippen LogP) is 3.50. The van der Waals surface area contributed by atoms with Crippen molar-refractivity contribution < 1.29 is 17.6 Å². The van der Waals surface area contributed by atoms with Gasteiger partial charge in [-0.15, -0.1) is 11.3 Å². The van der Waals surface area contributed by atoms with E-state index in [1.54, 1.807) is 24.4 Å². The summed E-state index contributed by atoms with van der Waals surface area (Å²) in [5, 5.41) is 4.75. The van der Waals surface area contributed by atoms with Crippen LogP contribution in [0.1, 0.15) is 17.3 Å². The van der Waals surface area contributed by atoms with E-state index in [9.17, 15) is 17.6 Å². The third kappa shape index (κ3) is 4.57. The monoisotopic (exact) mass is 405 g/mol. The first-order chi connectivity index (χ1) is 12.9. The van der Waals surface area contributed by atoms with E-state index in [2.05, 4.69) is 15.0 Å². The molecule has 0 unspecified atom stereocenters. The van der Waals surface area contributed by atoms with Crippen molar-refractivity contribution in [3.05, 3.63) is 65.3 Å². The van der Waals surface area contributed by atoms with Crippen LogP contribution in [0.2, 0.25) is 0 Å². The molecule has 6 nitrogen and oxygen atoms in total. The molecular formula is C18H16FN3O3S2. The number of thiazole rings is 1. The van der Waals surface area contributed by atoms with Gasteiger partial charge in [-0.1, -0.05) is 13.0 Å². The Balaban J connectivity index is 1.77. The lowest BCUT2D eigenvalue weighted by Gasteiger charge is -2.07. The Kier molecular flexibility index (Phi) is 5.64. The molecule has 0 radical (unpaired) electrons. The van der Waals surface area contributed by atoms with Crippen molar-refractivity contribution in [3.8, 4) is 11.3 Å². The second-order valence-corrected chi connectivity index (χ2v) is 8.15. The summed E-state index contributed by atoms with van der Waals surface area (Å²) in [6, 6.07) is 11.6. The van der Waals surface area contributed by atoms with E-state index in [-0.39, 0.29) is 22.8 Å². The highest BCUT2D eigenvalue weighted by Gasteiger charge is 2.16. The number of hydrogen-bond donors (Lipinski definition) is 2. The van der Waals surface area contributed by atoms with Gasteiger partial charge in [0.25, 0.3) is 5.91 Å². The number of nitrogens with one attached hydrogen (secondary N) is 2. The fraction of sp³-hybridized carbons (Fsp3) is 0.111. The SMILES string of the molecule is CCNS(=O)(=O)c1cccc(C(=O)Nc2nc(-c3ccc(F)cc3)cs2)c1. The number of hydrogen-bond acceptors (Lipinski definition) is 5. The molecule has 0 saturated heterocycles. The minimum Gasteiger partial charge on any atom is -0.298 e. The van der Waals surface area contributed by atoms with Crippen LogP contribution < -0.4 is 10.0 Å². The lowest BCUT2D eigenvalue weighted by molar-refractivity contribution is 0.102. The van der Waals surface area contributed by atoms with Gasteiger partial charge in [0.05, 0.1) is 10.6 Å². The topological polar surface area (TPSA) is 88.2 Å². The standard InChI is InChI=1S/C18H16FN3O3S2/c1-2-20-27(24,25)15-5-3-4-13(10-15)17(23)22-18-21-16(11-26-18)12-6-8-14(19)9-7-12/h3-11,20H,2H2,1H3,(H,21,22,23). The Hall–Kier alpha value is -2.62. The van der Waals surface area contributed by atoms with E-state index in [1.807, 2.05) is 0 Å². The van der Waals surface area contributed by atoms with E-state index >= 15 is 0 Å². The number of carbonyl (C=O) groups excluding carboxylic acids is 1. The van der Waals surface area contributed by atoms with Gasteiger partial charge in [0.15, 0.2) is 5.13 Å². The molecule has 0 spiro atoms. The molecule has 9 heteroatoms. The second kappa shape index (κ2) is 7.95. The molecule has 0 aliphatic carbocycles. The number of anilines is 1. The quantitative estimate of drug-likeness (QED) is 0.657. The van der Waals surface area contributed by atoms with Crippen LogP contribution in [-0.2, 0) is 10.0 Å². The summed E-state index contributed by atoms with van der Waals surface area (Å²) in [5.41, 5.74) is 1.54. The van der Waals surface area contributed by atoms with Crippen molar-refractivity contribution >= 4 is 32.4 Å². The minimum absolute atomic E-state index is 0.0168. The molecule has 1 amide bonds. The summed E-state index contributed by atoms with van der Waals surface area (Å²) in [5.74, 6) is -0.807. The predicted molar refractivity (Wildman–Crippen MR) is 103 cm³/mol. The first kappa shape index (κ1) is 19.2. The lowest BCUT2D eigenvalue weighted by Crippen LogP contribution is -2.23. The largest absolute Gasteiger partial charge is 0.298 e. The normalized spacial score (nSPS) is 11.3. The molecule has 2 N–H and O–H groups in total. The average molecular weight is 405 g/mol. The number of amides is 1. The van der Waals surface area contributed by atoms with Crippen LogP contribution >= 0.6 is 11.3 Å². The number of rotatable bonds is 6. The van der Waals surface area contributed by atoms with Gasteiger partial charge >= 0.3 is 0 Å². The van der Waals surface area contributed by atoms with Gasteiger partial charge in [-0.3, -0.25) is 10.1 Å². The molecule has 140 valence electrons. The maximum Gasteiger partial charge on any atom is 0.257 e. The maximum absolute atomic E-state index is 13.0. The molecule has 2 aromatic carbocycles. The van der Waals surface area contributed by atoms with Gasteiger partial charge in [-0.25, -0.2) is 22.5 Å². The van der Waals surface area contributed by atoms with Gasteiger partial charge in [-0.2, -0.15) is 0 Å². The first-order valence-electron chi connectivity index (χ1n) is 8.01.